The summed E-state index contributed by atoms with van der Waals surface area (Å²) in [5, 5.41) is 5.97. The van der Waals surface area contributed by atoms with Gasteiger partial charge in [0.15, 0.2) is 0 Å². The summed E-state index contributed by atoms with van der Waals surface area (Å²) in [6.45, 7) is 4.93. The predicted molar refractivity (Wildman–Crippen MR) is 109 cm³/mol. The van der Waals surface area contributed by atoms with E-state index in [1.54, 1.807) is 0 Å². The molecule has 0 aromatic heterocycles. The topological polar surface area (TPSA) is 61.4 Å². The van der Waals surface area contributed by atoms with E-state index >= 15 is 0 Å². The first-order valence-corrected chi connectivity index (χ1v) is 10.2. The minimum absolute atomic E-state index is 0.00340. The Hall–Kier alpha value is -1.15. The van der Waals surface area contributed by atoms with Gasteiger partial charge in [0.2, 0.25) is 11.8 Å². The molecule has 1 fully saturated rings. The summed E-state index contributed by atoms with van der Waals surface area (Å²) in [6.07, 6.45) is 5.04. The Morgan fingerprint density at radius 2 is 1.84 bits per heavy atom. The van der Waals surface area contributed by atoms with Crippen molar-refractivity contribution in [2.45, 2.75) is 39.0 Å². The highest BCUT2D eigenvalue weighted by Gasteiger charge is 2.25. The van der Waals surface area contributed by atoms with Crippen LogP contribution < -0.4 is 10.6 Å². The van der Waals surface area contributed by atoms with E-state index in [1.165, 1.54) is 6.42 Å². The molecule has 1 aliphatic heterocycles. The molecule has 1 aromatic rings. The SMILES string of the molecule is CCCCCNC(=O)C1CCN(CC(=O)Nc2ccc(I)cc2)CC1. The molecule has 0 radical (unpaired) electrons. The third kappa shape index (κ3) is 7.32. The van der Waals surface area contributed by atoms with Crippen molar-refractivity contribution < 1.29 is 9.59 Å². The van der Waals surface area contributed by atoms with Gasteiger partial charge in [0, 0.05) is 21.7 Å². The first-order valence-electron chi connectivity index (χ1n) is 9.14. The zero-order valence-electron chi connectivity index (χ0n) is 14.9. The number of carbonyl (C=O) groups excluding carboxylic acids is 2. The van der Waals surface area contributed by atoms with Crippen LogP contribution in [0.3, 0.4) is 0 Å². The molecule has 2 rings (SSSR count). The summed E-state index contributed by atoms with van der Waals surface area (Å²) < 4.78 is 1.14. The maximum atomic E-state index is 12.1. The molecular formula is C19H28IN3O2. The molecule has 0 saturated carbocycles. The van der Waals surface area contributed by atoms with Crippen molar-refractivity contribution in [1.29, 1.82) is 0 Å². The van der Waals surface area contributed by atoms with Crippen molar-refractivity contribution >= 4 is 40.1 Å². The van der Waals surface area contributed by atoms with Crippen LogP contribution >= 0.6 is 22.6 Å². The van der Waals surface area contributed by atoms with E-state index in [0.29, 0.717) is 6.54 Å². The number of nitrogens with zero attached hydrogens (tertiary/aromatic N) is 1. The molecule has 1 aromatic carbocycles. The fourth-order valence-electron chi connectivity index (χ4n) is 3.02. The number of carbonyl (C=O) groups is 2. The Kier molecular flexibility index (Phi) is 8.67. The van der Waals surface area contributed by atoms with E-state index in [2.05, 4.69) is 45.0 Å². The van der Waals surface area contributed by atoms with E-state index in [1.807, 2.05) is 24.3 Å². The van der Waals surface area contributed by atoms with Gasteiger partial charge < -0.3 is 10.6 Å². The van der Waals surface area contributed by atoms with E-state index in [-0.39, 0.29) is 17.7 Å². The average molecular weight is 457 g/mol. The Labute approximate surface area is 164 Å². The number of hydrogen-bond donors (Lipinski definition) is 2. The van der Waals surface area contributed by atoms with Gasteiger partial charge >= 0.3 is 0 Å². The van der Waals surface area contributed by atoms with E-state index < -0.39 is 0 Å². The molecule has 0 atom stereocenters. The van der Waals surface area contributed by atoms with Crippen molar-refractivity contribution in [3.8, 4) is 0 Å². The number of halogens is 1. The quantitative estimate of drug-likeness (QED) is 0.466. The lowest BCUT2D eigenvalue weighted by atomic mass is 9.96. The molecule has 1 aliphatic rings. The van der Waals surface area contributed by atoms with Crippen LogP contribution in [0.1, 0.15) is 39.0 Å². The summed E-state index contributed by atoms with van der Waals surface area (Å²) in [5.41, 5.74) is 0.826. The summed E-state index contributed by atoms with van der Waals surface area (Å²) >= 11 is 2.24. The number of benzene rings is 1. The van der Waals surface area contributed by atoms with Gasteiger partial charge in [-0.2, -0.15) is 0 Å². The molecular weight excluding hydrogens is 429 g/mol. The molecule has 0 spiro atoms. The molecule has 0 aliphatic carbocycles. The third-order valence-corrected chi connectivity index (χ3v) is 5.25. The van der Waals surface area contributed by atoms with Crippen molar-refractivity contribution in [2.24, 2.45) is 5.92 Å². The van der Waals surface area contributed by atoms with Gasteiger partial charge in [-0.1, -0.05) is 19.8 Å². The van der Waals surface area contributed by atoms with Gasteiger partial charge in [-0.25, -0.2) is 0 Å². The smallest absolute Gasteiger partial charge is 0.238 e. The monoisotopic (exact) mass is 457 g/mol. The molecule has 5 nitrogen and oxygen atoms in total. The highest BCUT2D eigenvalue weighted by molar-refractivity contribution is 14.1. The number of anilines is 1. The number of rotatable bonds is 8. The molecule has 25 heavy (non-hydrogen) atoms. The van der Waals surface area contributed by atoms with E-state index in [4.69, 9.17) is 0 Å². The molecule has 0 unspecified atom stereocenters. The van der Waals surface area contributed by atoms with Crippen molar-refractivity contribution in [2.75, 3.05) is 31.5 Å². The number of hydrogen-bond acceptors (Lipinski definition) is 3. The zero-order chi connectivity index (χ0) is 18.1. The lowest BCUT2D eigenvalue weighted by Crippen LogP contribution is -2.43. The van der Waals surface area contributed by atoms with Crippen LogP contribution in [0.5, 0.6) is 0 Å². The summed E-state index contributed by atoms with van der Waals surface area (Å²) in [7, 11) is 0. The van der Waals surface area contributed by atoms with Gasteiger partial charge in [0.1, 0.15) is 0 Å². The Morgan fingerprint density at radius 3 is 2.48 bits per heavy atom. The second kappa shape index (κ2) is 10.8. The van der Waals surface area contributed by atoms with Crippen LogP contribution in [0.2, 0.25) is 0 Å². The van der Waals surface area contributed by atoms with Crippen LogP contribution in [0, 0.1) is 9.49 Å². The second-order valence-electron chi connectivity index (χ2n) is 6.60. The van der Waals surface area contributed by atoms with Crippen LogP contribution in [-0.4, -0.2) is 42.9 Å². The Morgan fingerprint density at radius 1 is 1.16 bits per heavy atom. The lowest BCUT2D eigenvalue weighted by molar-refractivity contribution is -0.126. The van der Waals surface area contributed by atoms with Gasteiger partial charge in [0.05, 0.1) is 6.54 Å². The van der Waals surface area contributed by atoms with Crippen molar-refractivity contribution in [3.63, 3.8) is 0 Å². The fourth-order valence-corrected chi connectivity index (χ4v) is 3.38. The largest absolute Gasteiger partial charge is 0.356 e. The van der Waals surface area contributed by atoms with Gasteiger partial charge in [-0.3, -0.25) is 14.5 Å². The molecule has 0 bridgehead atoms. The predicted octanol–water partition coefficient (Wildman–Crippen LogP) is 3.25. The normalized spacial score (nSPS) is 15.8. The minimum Gasteiger partial charge on any atom is -0.356 e. The third-order valence-electron chi connectivity index (χ3n) is 4.53. The Balaban J connectivity index is 1.66. The fraction of sp³-hybridized carbons (Fsp3) is 0.579. The average Bonchev–Trinajstić information content (AvgIpc) is 2.61. The van der Waals surface area contributed by atoms with Crippen molar-refractivity contribution in [3.05, 3.63) is 27.8 Å². The molecule has 1 heterocycles. The van der Waals surface area contributed by atoms with E-state index in [9.17, 15) is 9.59 Å². The molecule has 2 amide bonds. The maximum absolute atomic E-state index is 12.1. The number of piperidine rings is 1. The maximum Gasteiger partial charge on any atom is 0.238 e. The highest BCUT2D eigenvalue weighted by Crippen LogP contribution is 2.17. The summed E-state index contributed by atoms with van der Waals surface area (Å²) in [5.74, 6) is 0.278. The summed E-state index contributed by atoms with van der Waals surface area (Å²) in [4.78, 5) is 26.4. The minimum atomic E-state index is 0.00340. The van der Waals surface area contributed by atoms with Crippen LogP contribution in [0.15, 0.2) is 24.3 Å². The molecule has 1 saturated heterocycles. The highest BCUT2D eigenvalue weighted by atomic mass is 127. The van der Waals surface area contributed by atoms with Crippen LogP contribution in [0.25, 0.3) is 0 Å². The molecule has 6 heteroatoms. The van der Waals surface area contributed by atoms with Crippen LogP contribution in [0.4, 0.5) is 5.69 Å². The number of nitrogens with one attached hydrogen (secondary N) is 2. The van der Waals surface area contributed by atoms with Gasteiger partial charge in [-0.15, -0.1) is 0 Å². The van der Waals surface area contributed by atoms with Crippen LogP contribution in [-0.2, 0) is 9.59 Å². The number of unbranched alkanes of at least 4 members (excludes halogenated alkanes) is 2. The standard InChI is InChI=1S/C19H28IN3O2/c1-2-3-4-11-21-19(25)15-9-12-23(13-10-15)14-18(24)22-17-7-5-16(20)6-8-17/h5-8,15H,2-4,9-14H2,1H3,(H,21,25)(H,22,24). The van der Waals surface area contributed by atoms with Gasteiger partial charge in [0.25, 0.3) is 0 Å². The second-order valence-corrected chi connectivity index (χ2v) is 7.85. The molecule has 2 N–H and O–H groups in total. The van der Waals surface area contributed by atoms with Gasteiger partial charge in [-0.05, 0) is 79.2 Å². The first-order chi connectivity index (χ1) is 12.1. The number of likely N-dealkylation sites (tertiary alicyclic amines) is 1. The number of amides is 2. The lowest BCUT2D eigenvalue weighted by Gasteiger charge is -2.30. The Bertz CT molecular complexity index is 554. The molecule has 138 valence electrons. The van der Waals surface area contributed by atoms with Crippen molar-refractivity contribution in [1.82, 2.24) is 10.2 Å². The summed E-state index contributed by atoms with van der Waals surface area (Å²) in [6, 6.07) is 7.77. The van der Waals surface area contributed by atoms with E-state index in [0.717, 1.165) is 54.6 Å². The first kappa shape index (κ1) is 20.2. The zero-order valence-corrected chi connectivity index (χ0v) is 17.0.